The van der Waals surface area contributed by atoms with Gasteiger partial charge in [-0.3, -0.25) is 24.0 Å². The van der Waals surface area contributed by atoms with E-state index in [9.17, 15) is 42.3 Å². The molecule has 3 rings (SSSR count). The highest BCUT2D eigenvalue weighted by atomic mass is 19.4. The van der Waals surface area contributed by atoms with Crippen molar-refractivity contribution in [2.75, 3.05) is 13.1 Å². The zero-order chi connectivity index (χ0) is 37.1. The number of benzene rings is 3. The summed E-state index contributed by atoms with van der Waals surface area (Å²) in [7, 11) is 0. The highest BCUT2D eigenvalue weighted by molar-refractivity contribution is 5.97. The number of rotatable bonds is 16. The minimum atomic E-state index is -5.09. The molecule has 14 heteroatoms. The van der Waals surface area contributed by atoms with Crippen LogP contribution in [0.3, 0.4) is 0 Å². The van der Waals surface area contributed by atoms with Gasteiger partial charge in [-0.2, -0.15) is 13.2 Å². The van der Waals surface area contributed by atoms with Crippen LogP contribution in [0.1, 0.15) is 55.5 Å². The number of nitrogens with two attached hydrogens (primary N) is 1. The predicted octanol–water partition coefficient (Wildman–Crippen LogP) is 3.41. The molecule has 3 atom stereocenters. The van der Waals surface area contributed by atoms with E-state index in [1.165, 1.54) is 6.42 Å². The molecule has 0 saturated heterocycles. The van der Waals surface area contributed by atoms with Gasteiger partial charge in [0.15, 0.2) is 6.10 Å². The fourth-order valence-corrected chi connectivity index (χ4v) is 4.56. The molecule has 5 amide bonds. The lowest BCUT2D eigenvalue weighted by atomic mass is 10.0. The maximum Gasteiger partial charge on any atom is 0.416 e. The van der Waals surface area contributed by atoms with Crippen LogP contribution in [-0.4, -0.2) is 72.1 Å². The second kappa shape index (κ2) is 21.0. The molecule has 3 aromatic carbocycles. The van der Waals surface area contributed by atoms with E-state index in [-0.39, 0.29) is 6.42 Å². The van der Waals surface area contributed by atoms with Crippen LogP contribution in [0.5, 0.6) is 0 Å². The van der Waals surface area contributed by atoms with Crippen LogP contribution >= 0.6 is 0 Å². The highest BCUT2D eigenvalue weighted by Gasteiger charge is 2.44. The van der Waals surface area contributed by atoms with Crippen LogP contribution in [0.15, 0.2) is 84.9 Å². The van der Waals surface area contributed by atoms with Gasteiger partial charge in [-0.05, 0) is 48.1 Å². The Kier molecular flexibility index (Phi) is 17.2. The number of alkyl halides is 3. The Morgan fingerprint density at radius 2 is 1.26 bits per heavy atom. The molecule has 2 unspecified atom stereocenters. The van der Waals surface area contributed by atoms with E-state index in [1.807, 2.05) is 47.8 Å². The first-order chi connectivity index (χ1) is 23.7. The molecule has 0 heterocycles. The van der Waals surface area contributed by atoms with Crippen molar-refractivity contribution >= 4 is 29.5 Å². The molecule has 0 fully saturated rings. The molecular formula is C36H44F3N5O6. The number of hydrogen-bond acceptors (Lipinski definition) is 6. The van der Waals surface area contributed by atoms with E-state index in [4.69, 9.17) is 5.73 Å². The normalized spacial score (nSPS) is 12.6. The van der Waals surface area contributed by atoms with E-state index in [0.29, 0.717) is 12.0 Å². The number of halogens is 3. The van der Waals surface area contributed by atoms with Crippen LogP contribution in [0.2, 0.25) is 0 Å². The zero-order valence-corrected chi connectivity index (χ0v) is 28.0. The van der Waals surface area contributed by atoms with Gasteiger partial charge in [0.1, 0.15) is 6.04 Å². The largest absolute Gasteiger partial charge is 0.416 e. The number of carbonyl (C=O) groups excluding carboxylic acids is 5. The van der Waals surface area contributed by atoms with Crippen molar-refractivity contribution in [2.24, 2.45) is 5.73 Å². The number of carbonyl (C=O) groups is 5. The minimum absolute atomic E-state index is 0.0894. The van der Waals surface area contributed by atoms with Gasteiger partial charge in [-0.1, -0.05) is 93.1 Å². The average molecular weight is 700 g/mol. The van der Waals surface area contributed by atoms with Crippen LogP contribution < -0.4 is 27.0 Å². The zero-order valence-electron chi connectivity index (χ0n) is 28.0. The third-order valence-electron chi connectivity index (χ3n) is 7.07. The van der Waals surface area contributed by atoms with E-state index >= 15 is 0 Å². The summed E-state index contributed by atoms with van der Waals surface area (Å²) in [4.78, 5) is 61.9. The molecule has 270 valence electrons. The van der Waals surface area contributed by atoms with E-state index in [2.05, 4.69) is 29.8 Å². The van der Waals surface area contributed by atoms with Crippen molar-refractivity contribution in [1.82, 2.24) is 21.3 Å². The topological polar surface area (TPSA) is 180 Å². The first-order valence-corrected chi connectivity index (χ1v) is 16.1. The average Bonchev–Trinajstić information content (AvgIpc) is 3.10. The van der Waals surface area contributed by atoms with Crippen molar-refractivity contribution in [3.63, 3.8) is 0 Å². The Morgan fingerprint density at radius 3 is 1.82 bits per heavy atom. The molecule has 7 N–H and O–H groups in total. The van der Waals surface area contributed by atoms with Gasteiger partial charge >= 0.3 is 6.18 Å². The molecule has 3 aromatic rings. The maximum absolute atomic E-state index is 13.1. The Labute approximate surface area is 289 Å². The van der Waals surface area contributed by atoms with Crippen molar-refractivity contribution in [2.45, 2.75) is 70.3 Å². The number of aryl methyl sites for hydroxylation is 1. The smallest absolute Gasteiger partial charge is 0.382 e. The number of amides is 5. The van der Waals surface area contributed by atoms with Crippen LogP contribution in [0.25, 0.3) is 11.1 Å². The molecule has 0 bridgehead atoms. The summed E-state index contributed by atoms with van der Waals surface area (Å²) < 4.78 is 39.2. The summed E-state index contributed by atoms with van der Waals surface area (Å²) in [6.07, 6.45) is -7.50. The Balaban J connectivity index is 0.00000278. The molecule has 0 aliphatic rings. The van der Waals surface area contributed by atoms with Gasteiger partial charge in [-0.25, -0.2) is 0 Å². The number of aliphatic hydroxyl groups is 1. The Hall–Kier alpha value is -5.24. The minimum Gasteiger partial charge on any atom is -0.382 e. The lowest BCUT2D eigenvalue weighted by Crippen LogP contribution is -2.54. The molecular weight excluding hydrogens is 655 g/mol. The Morgan fingerprint density at radius 1 is 0.740 bits per heavy atom. The first-order valence-electron chi connectivity index (χ1n) is 16.1. The van der Waals surface area contributed by atoms with Crippen molar-refractivity contribution < 1.29 is 42.3 Å². The monoisotopic (exact) mass is 699 g/mol. The Bertz CT molecular complexity index is 1520. The van der Waals surface area contributed by atoms with E-state index < -0.39 is 79.8 Å². The second-order valence-corrected chi connectivity index (χ2v) is 11.4. The van der Waals surface area contributed by atoms with Gasteiger partial charge in [-0.15, -0.1) is 0 Å². The molecule has 0 radical (unpaired) electrons. The van der Waals surface area contributed by atoms with Crippen LogP contribution in [0.4, 0.5) is 13.2 Å². The molecule has 0 aromatic heterocycles. The number of aliphatic hydroxyl groups excluding tert-OH is 1. The number of hydrogen-bond donors (Lipinski definition) is 6. The van der Waals surface area contributed by atoms with Gasteiger partial charge < -0.3 is 32.1 Å². The summed E-state index contributed by atoms with van der Waals surface area (Å²) in [6.45, 7) is 3.00. The lowest BCUT2D eigenvalue weighted by Gasteiger charge is -2.26. The predicted molar refractivity (Wildman–Crippen MR) is 182 cm³/mol. The summed E-state index contributed by atoms with van der Waals surface area (Å²) in [5.41, 5.74) is 8.02. The van der Waals surface area contributed by atoms with Gasteiger partial charge in [0.25, 0.3) is 5.91 Å². The number of nitrogens with one attached hydrogen (secondary N) is 4. The fraction of sp³-hybridized carbons (Fsp3) is 0.361. The highest BCUT2D eigenvalue weighted by Crippen LogP contribution is 2.24. The van der Waals surface area contributed by atoms with Crippen LogP contribution in [0, 0.1) is 0 Å². The quantitative estimate of drug-likeness (QED) is 0.133. The van der Waals surface area contributed by atoms with Crippen molar-refractivity contribution in [1.29, 1.82) is 0 Å². The summed E-state index contributed by atoms with van der Waals surface area (Å²) in [5.74, 6) is -4.03. The van der Waals surface area contributed by atoms with Crippen LogP contribution in [-0.2, 0) is 25.6 Å². The number of primary amides is 1. The summed E-state index contributed by atoms with van der Waals surface area (Å²) in [6, 6.07) is 22.2. The SMILES string of the molecule is CCC.NC(=O)CCC(NC(=O)CNC(=O)[C@H](CCc1ccccc1)NC(=O)CNC(=O)c1ccc(-c2ccccc2)cc1)C(O)C(F)(F)F. The van der Waals surface area contributed by atoms with Gasteiger partial charge in [0.2, 0.25) is 23.6 Å². The third kappa shape index (κ3) is 14.9. The molecule has 0 aliphatic heterocycles. The van der Waals surface area contributed by atoms with Crippen molar-refractivity contribution in [3.8, 4) is 11.1 Å². The van der Waals surface area contributed by atoms with Gasteiger partial charge in [0.05, 0.1) is 19.1 Å². The fourth-order valence-electron chi connectivity index (χ4n) is 4.56. The molecule has 0 aliphatic carbocycles. The molecule has 11 nitrogen and oxygen atoms in total. The summed E-state index contributed by atoms with van der Waals surface area (Å²) in [5, 5.41) is 18.9. The lowest BCUT2D eigenvalue weighted by molar-refractivity contribution is -0.212. The molecule has 50 heavy (non-hydrogen) atoms. The first kappa shape index (κ1) is 40.9. The maximum atomic E-state index is 13.1. The second-order valence-electron chi connectivity index (χ2n) is 11.4. The molecule has 0 spiro atoms. The van der Waals surface area contributed by atoms with E-state index in [1.54, 1.807) is 42.5 Å². The third-order valence-corrected chi connectivity index (χ3v) is 7.07. The summed E-state index contributed by atoms with van der Waals surface area (Å²) >= 11 is 0. The molecule has 0 saturated carbocycles. The standard InChI is InChI=1S/C33H36F3N5O6.C3H8/c34-33(35,36)30(45)25(17-18-27(37)42)40-28(43)20-39-32(47)26(16-11-21-7-3-1-4-8-21)41-29(44)19-38-31(46)24-14-12-23(13-15-24)22-9-5-2-6-10-22;1-3-2/h1-10,12-15,25-26,30,45H,11,16-20H2,(H2,37,42)(H,38,46)(H,39,47)(H,40,43)(H,41,44);3H2,1-2H3/t25?,26-,30?;/m0./s1. The van der Waals surface area contributed by atoms with Crippen molar-refractivity contribution in [3.05, 3.63) is 96.1 Å². The van der Waals surface area contributed by atoms with Gasteiger partial charge in [0, 0.05) is 12.0 Å². The van der Waals surface area contributed by atoms with E-state index in [0.717, 1.165) is 16.7 Å².